The van der Waals surface area contributed by atoms with Crippen LogP contribution < -0.4 is 5.32 Å². The number of benzene rings is 3. The minimum Gasteiger partial charge on any atom is -0.449 e. The summed E-state index contributed by atoms with van der Waals surface area (Å²) in [5.74, 6) is -1.03. The summed E-state index contributed by atoms with van der Waals surface area (Å²) in [7, 11) is 0. The standard InChI is InChI=1S/C23H20ClNO3/c1-16(28-23(27)19-14-8-9-15-20(19)24)22(26)25-21(17-10-4-2-5-11-17)18-12-6-3-7-13-18/h2-16,21H,1H3,(H,25,26)/t16-/m0/s1. The quantitative estimate of drug-likeness (QED) is 0.612. The molecule has 0 saturated carbocycles. The molecule has 1 N–H and O–H groups in total. The van der Waals surface area contributed by atoms with Crippen molar-refractivity contribution >= 4 is 23.5 Å². The van der Waals surface area contributed by atoms with Gasteiger partial charge in [-0.05, 0) is 30.2 Å². The van der Waals surface area contributed by atoms with E-state index in [4.69, 9.17) is 16.3 Å². The largest absolute Gasteiger partial charge is 0.449 e. The van der Waals surface area contributed by atoms with Gasteiger partial charge in [0, 0.05) is 0 Å². The normalized spacial score (nSPS) is 11.7. The molecule has 0 aromatic heterocycles. The van der Waals surface area contributed by atoms with Gasteiger partial charge in [0.2, 0.25) is 0 Å². The van der Waals surface area contributed by atoms with E-state index in [0.717, 1.165) is 11.1 Å². The van der Waals surface area contributed by atoms with Crippen molar-refractivity contribution in [3.05, 3.63) is 107 Å². The second kappa shape index (κ2) is 9.20. The fourth-order valence-corrected chi connectivity index (χ4v) is 3.03. The Kier molecular flexibility index (Phi) is 6.45. The number of esters is 1. The predicted octanol–water partition coefficient (Wildman–Crippen LogP) is 4.79. The number of hydrogen-bond donors (Lipinski definition) is 1. The average molecular weight is 394 g/mol. The molecule has 0 saturated heterocycles. The molecule has 0 heterocycles. The molecule has 0 aliphatic rings. The summed E-state index contributed by atoms with van der Waals surface area (Å²) in [5, 5.41) is 3.26. The van der Waals surface area contributed by atoms with Crippen LogP contribution in [0, 0.1) is 0 Å². The molecular weight excluding hydrogens is 374 g/mol. The minimum atomic E-state index is -0.973. The van der Waals surface area contributed by atoms with Gasteiger partial charge in [-0.3, -0.25) is 4.79 Å². The zero-order chi connectivity index (χ0) is 19.9. The van der Waals surface area contributed by atoms with E-state index in [2.05, 4.69) is 5.32 Å². The second-order valence-corrected chi connectivity index (χ2v) is 6.70. The monoisotopic (exact) mass is 393 g/mol. The van der Waals surface area contributed by atoms with Crippen molar-refractivity contribution in [3.8, 4) is 0 Å². The molecule has 0 radical (unpaired) electrons. The summed E-state index contributed by atoms with van der Waals surface area (Å²) in [6.45, 7) is 1.54. The molecule has 0 bridgehead atoms. The van der Waals surface area contributed by atoms with Gasteiger partial charge >= 0.3 is 5.97 Å². The van der Waals surface area contributed by atoms with Crippen LogP contribution >= 0.6 is 11.6 Å². The number of hydrogen-bond acceptors (Lipinski definition) is 3. The SMILES string of the molecule is C[C@H](OC(=O)c1ccccc1Cl)C(=O)NC(c1ccccc1)c1ccccc1. The van der Waals surface area contributed by atoms with Crippen LogP contribution in [-0.2, 0) is 9.53 Å². The van der Waals surface area contributed by atoms with Crippen molar-refractivity contribution in [2.45, 2.75) is 19.1 Å². The molecule has 3 rings (SSSR count). The number of carbonyl (C=O) groups excluding carboxylic acids is 2. The van der Waals surface area contributed by atoms with Crippen LogP contribution in [0.1, 0.15) is 34.5 Å². The van der Waals surface area contributed by atoms with Gasteiger partial charge in [0.05, 0.1) is 16.6 Å². The molecular formula is C23H20ClNO3. The van der Waals surface area contributed by atoms with Gasteiger partial charge in [0.25, 0.3) is 5.91 Å². The van der Waals surface area contributed by atoms with Crippen LogP contribution in [0.4, 0.5) is 0 Å². The van der Waals surface area contributed by atoms with Gasteiger partial charge in [-0.15, -0.1) is 0 Å². The van der Waals surface area contributed by atoms with E-state index in [1.54, 1.807) is 24.3 Å². The third-order valence-corrected chi connectivity index (χ3v) is 4.63. The molecule has 0 aliphatic heterocycles. The lowest BCUT2D eigenvalue weighted by molar-refractivity contribution is -0.129. The first-order valence-corrected chi connectivity index (χ1v) is 9.30. The van der Waals surface area contributed by atoms with Crippen molar-refractivity contribution in [2.75, 3.05) is 0 Å². The molecule has 0 unspecified atom stereocenters. The Morgan fingerprint density at radius 1 is 0.821 bits per heavy atom. The first-order chi connectivity index (χ1) is 13.6. The smallest absolute Gasteiger partial charge is 0.340 e. The number of amides is 1. The molecule has 28 heavy (non-hydrogen) atoms. The Balaban J connectivity index is 1.75. The fourth-order valence-electron chi connectivity index (χ4n) is 2.81. The molecule has 4 nitrogen and oxygen atoms in total. The highest BCUT2D eigenvalue weighted by atomic mass is 35.5. The highest BCUT2D eigenvalue weighted by Gasteiger charge is 2.24. The van der Waals surface area contributed by atoms with Gasteiger partial charge in [-0.25, -0.2) is 4.79 Å². The van der Waals surface area contributed by atoms with Gasteiger partial charge in [0.1, 0.15) is 0 Å². The number of nitrogens with one attached hydrogen (secondary N) is 1. The second-order valence-electron chi connectivity index (χ2n) is 6.29. The molecule has 5 heteroatoms. The van der Waals surface area contributed by atoms with Crippen LogP contribution in [0.2, 0.25) is 5.02 Å². The molecule has 0 aliphatic carbocycles. The van der Waals surface area contributed by atoms with Gasteiger partial charge in [-0.1, -0.05) is 84.4 Å². The van der Waals surface area contributed by atoms with E-state index in [1.165, 1.54) is 6.92 Å². The van der Waals surface area contributed by atoms with Crippen LogP contribution in [0.15, 0.2) is 84.9 Å². The summed E-state index contributed by atoms with van der Waals surface area (Å²) in [5.41, 5.74) is 2.10. The van der Waals surface area contributed by atoms with Crippen LogP contribution in [-0.4, -0.2) is 18.0 Å². The molecule has 0 spiro atoms. The zero-order valence-electron chi connectivity index (χ0n) is 15.3. The van der Waals surface area contributed by atoms with Crippen LogP contribution in [0.3, 0.4) is 0 Å². The molecule has 3 aromatic rings. The predicted molar refractivity (Wildman–Crippen MR) is 109 cm³/mol. The maximum Gasteiger partial charge on any atom is 0.340 e. The Bertz CT molecular complexity index is 905. The number of rotatable bonds is 6. The first-order valence-electron chi connectivity index (χ1n) is 8.92. The summed E-state index contributed by atoms with van der Waals surface area (Å²) in [6, 6.07) is 25.5. The lowest BCUT2D eigenvalue weighted by atomic mass is 9.98. The van der Waals surface area contributed by atoms with Crippen molar-refractivity contribution in [3.63, 3.8) is 0 Å². The molecule has 1 atom stereocenters. The van der Waals surface area contributed by atoms with Crippen molar-refractivity contribution in [2.24, 2.45) is 0 Å². The maximum absolute atomic E-state index is 12.7. The molecule has 142 valence electrons. The third kappa shape index (κ3) is 4.78. The maximum atomic E-state index is 12.7. The lowest BCUT2D eigenvalue weighted by Gasteiger charge is -2.22. The Hall–Kier alpha value is -3.11. The lowest BCUT2D eigenvalue weighted by Crippen LogP contribution is -2.38. The summed E-state index contributed by atoms with van der Waals surface area (Å²) in [6.07, 6.45) is -0.973. The Morgan fingerprint density at radius 3 is 1.86 bits per heavy atom. The van der Waals surface area contributed by atoms with E-state index >= 15 is 0 Å². The van der Waals surface area contributed by atoms with Crippen LogP contribution in [0.25, 0.3) is 0 Å². The van der Waals surface area contributed by atoms with E-state index < -0.39 is 18.0 Å². The van der Waals surface area contributed by atoms with Crippen molar-refractivity contribution < 1.29 is 14.3 Å². The Labute approximate surface area is 169 Å². The number of halogens is 1. The zero-order valence-corrected chi connectivity index (χ0v) is 16.1. The molecule has 3 aromatic carbocycles. The van der Waals surface area contributed by atoms with Gasteiger partial charge in [-0.2, -0.15) is 0 Å². The molecule has 1 amide bonds. The van der Waals surface area contributed by atoms with Gasteiger partial charge < -0.3 is 10.1 Å². The van der Waals surface area contributed by atoms with Gasteiger partial charge in [0.15, 0.2) is 6.10 Å². The fraction of sp³-hybridized carbons (Fsp3) is 0.130. The summed E-state index contributed by atoms with van der Waals surface area (Å²) >= 11 is 6.03. The topological polar surface area (TPSA) is 55.4 Å². The first kappa shape index (κ1) is 19.6. The number of carbonyl (C=O) groups is 2. The third-order valence-electron chi connectivity index (χ3n) is 4.30. The van der Waals surface area contributed by atoms with E-state index in [0.29, 0.717) is 0 Å². The summed E-state index contributed by atoms with van der Waals surface area (Å²) < 4.78 is 5.32. The van der Waals surface area contributed by atoms with E-state index in [9.17, 15) is 9.59 Å². The van der Waals surface area contributed by atoms with Crippen molar-refractivity contribution in [1.29, 1.82) is 0 Å². The minimum absolute atomic E-state index is 0.228. The highest BCUT2D eigenvalue weighted by molar-refractivity contribution is 6.33. The van der Waals surface area contributed by atoms with Crippen LogP contribution in [0.5, 0.6) is 0 Å². The van der Waals surface area contributed by atoms with E-state index in [-0.39, 0.29) is 16.6 Å². The van der Waals surface area contributed by atoms with Crippen molar-refractivity contribution in [1.82, 2.24) is 5.32 Å². The Morgan fingerprint density at radius 2 is 1.32 bits per heavy atom. The summed E-state index contributed by atoms with van der Waals surface area (Å²) in [4.78, 5) is 25.0. The van der Waals surface area contributed by atoms with E-state index in [1.807, 2.05) is 60.7 Å². The molecule has 0 fully saturated rings. The highest BCUT2D eigenvalue weighted by Crippen LogP contribution is 2.22. The number of ether oxygens (including phenoxy) is 1. The average Bonchev–Trinajstić information content (AvgIpc) is 2.73.